The number of ether oxygens (including phenoxy) is 3. The number of rotatable bonds is 12. The summed E-state index contributed by atoms with van der Waals surface area (Å²) in [5.74, 6) is -0.253. The van der Waals surface area contributed by atoms with Crippen LogP contribution in [0.5, 0.6) is 11.5 Å². The molecule has 0 saturated heterocycles. The normalized spacial score (nSPS) is 10.8. The van der Waals surface area contributed by atoms with Crippen molar-refractivity contribution in [1.29, 1.82) is 0 Å². The molecule has 6 nitrogen and oxygen atoms in total. The molecule has 0 aliphatic heterocycles. The summed E-state index contributed by atoms with van der Waals surface area (Å²) in [7, 11) is 1.31. The van der Waals surface area contributed by atoms with Gasteiger partial charge in [0.2, 0.25) is 0 Å². The minimum atomic E-state index is -2.97. The molecule has 2 aromatic carbocycles. The number of thioether (sulfide) groups is 1. The number of carbonyl (C=O) groups excluding carboxylic acids is 2. The van der Waals surface area contributed by atoms with Crippen molar-refractivity contribution >= 4 is 29.7 Å². The predicted octanol–water partition coefficient (Wildman–Crippen LogP) is 4.15. The van der Waals surface area contributed by atoms with Crippen molar-refractivity contribution in [2.45, 2.75) is 17.9 Å². The highest BCUT2D eigenvalue weighted by atomic mass is 32.2. The smallest absolute Gasteiger partial charge is 0.387 e. The molecule has 9 heteroatoms. The van der Waals surface area contributed by atoms with Gasteiger partial charge < -0.3 is 19.5 Å². The molecule has 2 aromatic rings. The van der Waals surface area contributed by atoms with Gasteiger partial charge in [-0.05, 0) is 48.1 Å². The van der Waals surface area contributed by atoms with E-state index in [0.29, 0.717) is 12.1 Å². The average Bonchev–Trinajstić information content (AvgIpc) is 2.77. The van der Waals surface area contributed by atoms with E-state index >= 15 is 0 Å². The van der Waals surface area contributed by atoms with Crippen molar-refractivity contribution in [2.24, 2.45) is 0 Å². The number of halogens is 2. The summed E-state index contributed by atoms with van der Waals surface area (Å²) >= 11 is 1.70. The van der Waals surface area contributed by atoms with Crippen LogP contribution in [0.3, 0.4) is 0 Å². The first-order valence-corrected chi connectivity index (χ1v) is 10.4. The second-order valence-corrected chi connectivity index (χ2v) is 7.26. The fraction of sp³-hybridized carbons (Fsp3) is 0.273. The van der Waals surface area contributed by atoms with Crippen LogP contribution in [-0.2, 0) is 14.3 Å². The number of alkyl halides is 2. The standard InChI is InChI=1S/C22H23F2NO5S/c1-28-19-14-16(8-10-18(19)30-22(23)24)9-11-21(27)29-15-20(26)25-12-5-13-31-17-6-3-2-4-7-17/h2-4,6-11,14,22H,5,12-13,15H2,1H3,(H,25,26)/b11-9+. The number of benzene rings is 2. The third-order valence-corrected chi connectivity index (χ3v) is 4.91. The third kappa shape index (κ3) is 9.52. The lowest BCUT2D eigenvalue weighted by Gasteiger charge is -2.10. The zero-order valence-electron chi connectivity index (χ0n) is 16.9. The molecule has 2 rings (SSSR count). The summed E-state index contributed by atoms with van der Waals surface area (Å²) in [6, 6.07) is 14.2. The molecule has 0 fully saturated rings. The van der Waals surface area contributed by atoms with Gasteiger partial charge in [0.25, 0.3) is 5.91 Å². The fourth-order valence-electron chi connectivity index (χ4n) is 2.39. The number of methoxy groups -OCH3 is 1. The van der Waals surface area contributed by atoms with Crippen LogP contribution < -0.4 is 14.8 Å². The number of nitrogens with one attached hydrogen (secondary N) is 1. The van der Waals surface area contributed by atoms with E-state index in [-0.39, 0.29) is 24.0 Å². The molecular formula is C22H23F2NO5S. The molecule has 0 atom stereocenters. The first kappa shape index (κ1) is 24.2. The second-order valence-electron chi connectivity index (χ2n) is 6.09. The fourth-order valence-corrected chi connectivity index (χ4v) is 3.26. The Morgan fingerprint density at radius 1 is 1.13 bits per heavy atom. The van der Waals surface area contributed by atoms with E-state index < -0.39 is 12.6 Å². The van der Waals surface area contributed by atoms with Crippen LogP contribution in [0.2, 0.25) is 0 Å². The van der Waals surface area contributed by atoms with Crippen LogP contribution in [0.4, 0.5) is 8.78 Å². The zero-order valence-corrected chi connectivity index (χ0v) is 17.7. The first-order chi connectivity index (χ1) is 15.0. The van der Waals surface area contributed by atoms with Crippen molar-refractivity contribution in [1.82, 2.24) is 5.32 Å². The minimum Gasteiger partial charge on any atom is -0.493 e. The van der Waals surface area contributed by atoms with Crippen molar-refractivity contribution < 1.29 is 32.6 Å². The van der Waals surface area contributed by atoms with Crippen LogP contribution in [0, 0.1) is 0 Å². The lowest BCUT2D eigenvalue weighted by atomic mass is 10.2. The number of esters is 1. The highest BCUT2D eigenvalue weighted by Gasteiger charge is 2.10. The van der Waals surface area contributed by atoms with Crippen LogP contribution in [0.25, 0.3) is 6.08 Å². The molecule has 0 unspecified atom stereocenters. The molecule has 0 saturated carbocycles. The Balaban J connectivity index is 1.67. The Morgan fingerprint density at radius 3 is 2.61 bits per heavy atom. The maximum absolute atomic E-state index is 12.3. The topological polar surface area (TPSA) is 73.9 Å². The van der Waals surface area contributed by atoms with Crippen LogP contribution >= 0.6 is 11.8 Å². The largest absolute Gasteiger partial charge is 0.493 e. The Labute approximate surface area is 183 Å². The third-order valence-electron chi connectivity index (χ3n) is 3.82. The van der Waals surface area contributed by atoms with Gasteiger partial charge in [-0.1, -0.05) is 24.3 Å². The van der Waals surface area contributed by atoms with Gasteiger partial charge in [-0.15, -0.1) is 11.8 Å². The Hall–Kier alpha value is -3.07. The lowest BCUT2D eigenvalue weighted by molar-refractivity contribution is -0.143. The molecule has 0 radical (unpaired) electrons. The highest BCUT2D eigenvalue weighted by molar-refractivity contribution is 7.99. The van der Waals surface area contributed by atoms with E-state index in [9.17, 15) is 18.4 Å². The number of hydrogen-bond acceptors (Lipinski definition) is 6. The molecule has 1 amide bonds. The number of hydrogen-bond donors (Lipinski definition) is 1. The van der Waals surface area contributed by atoms with Crippen molar-refractivity contribution in [2.75, 3.05) is 26.0 Å². The molecule has 0 aromatic heterocycles. The maximum Gasteiger partial charge on any atom is 0.387 e. The number of amides is 1. The molecule has 0 bridgehead atoms. The molecular weight excluding hydrogens is 428 g/mol. The average molecular weight is 451 g/mol. The Morgan fingerprint density at radius 2 is 1.90 bits per heavy atom. The molecule has 0 heterocycles. The van der Waals surface area contributed by atoms with Gasteiger partial charge in [0.05, 0.1) is 7.11 Å². The Kier molecular flexibility index (Phi) is 10.4. The molecule has 1 N–H and O–H groups in total. The summed E-state index contributed by atoms with van der Waals surface area (Å²) in [4.78, 5) is 24.7. The van der Waals surface area contributed by atoms with E-state index in [1.165, 1.54) is 36.3 Å². The van der Waals surface area contributed by atoms with Gasteiger partial charge in [0, 0.05) is 17.5 Å². The predicted molar refractivity (Wildman–Crippen MR) is 114 cm³/mol. The van der Waals surface area contributed by atoms with Crippen molar-refractivity contribution in [3.05, 3.63) is 60.2 Å². The minimum absolute atomic E-state index is 0.0978. The van der Waals surface area contributed by atoms with E-state index in [4.69, 9.17) is 9.47 Å². The van der Waals surface area contributed by atoms with Gasteiger partial charge in [-0.25, -0.2) is 4.79 Å². The number of carbonyl (C=O) groups is 2. The quantitative estimate of drug-likeness (QED) is 0.226. The molecule has 0 spiro atoms. The molecule has 0 aliphatic carbocycles. The van der Waals surface area contributed by atoms with Crippen LogP contribution in [-0.4, -0.2) is 44.5 Å². The second kappa shape index (κ2) is 13.3. The van der Waals surface area contributed by atoms with Gasteiger partial charge in [0.15, 0.2) is 18.1 Å². The van der Waals surface area contributed by atoms with E-state index in [1.807, 2.05) is 30.3 Å². The van der Waals surface area contributed by atoms with Gasteiger partial charge in [-0.3, -0.25) is 4.79 Å². The summed E-state index contributed by atoms with van der Waals surface area (Å²) < 4.78 is 38.9. The van der Waals surface area contributed by atoms with Gasteiger partial charge in [0.1, 0.15) is 0 Å². The van der Waals surface area contributed by atoms with Gasteiger partial charge >= 0.3 is 12.6 Å². The molecule has 31 heavy (non-hydrogen) atoms. The van der Waals surface area contributed by atoms with Crippen LogP contribution in [0.1, 0.15) is 12.0 Å². The highest BCUT2D eigenvalue weighted by Crippen LogP contribution is 2.29. The van der Waals surface area contributed by atoms with Gasteiger partial charge in [-0.2, -0.15) is 8.78 Å². The molecule has 166 valence electrons. The van der Waals surface area contributed by atoms with Crippen molar-refractivity contribution in [3.8, 4) is 11.5 Å². The summed E-state index contributed by atoms with van der Waals surface area (Å²) in [6.45, 7) is -2.88. The van der Waals surface area contributed by atoms with E-state index in [2.05, 4.69) is 10.1 Å². The van der Waals surface area contributed by atoms with E-state index in [0.717, 1.165) is 18.2 Å². The van der Waals surface area contributed by atoms with E-state index in [1.54, 1.807) is 11.8 Å². The summed E-state index contributed by atoms with van der Waals surface area (Å²) in [6.07, 6.45) is 3.33. The SMILES string of the molecule is COc1cc(/C=C/C(=O)OCC(=O)NCCCSc2ccccc2)ccc1OC(F)F. The monoisotopic (exact) mass is 451 g/mol. The summed E-state index contributed by atoms with van der Waals surface area (Å²) in [5, 5.41) is 2.69. The van der Waals surface area contributed by atoms with Crippen LogP contribution in [0.15, 0.2) is 59.5 Å². The van der Waals surface area contributed by atoms with Crippen molar-refractivity contribution in [3.63, 3.8) is 0 Å². The maximum atomic E-state index is 12.3. The first-order valence-electron chi connectivity index (χ1n) is 9.40. The molecule has 0 aliphatic rings. The summed E-state index contributed by atoms with van der Waals surface area (Å²) in [5.41, 5.74) is 0.510. The Bertz CT molecular complexity index is 877. The lowest BCUT2D eigenvalue weighted by Crippen LogP contribution is -2.29. The zero-order chi connectivity index (χ0) is 22.5.